The number of rotatable bonds is 7. The highest BCUT2D eigenvalue weighted by atomic mass is 32.2. The van der Waals surface area contributed by atoms with Gasteiger partial charge >= 0.3 is 6.18 Å². The van der Waals surface area contributed by atoms with E-state index in [2.05, 4.69) is 5.32 Å². The van der Waals surface area contributed by atoms with E-state index in [0.29, 0.717) is 18.4 Å². The van der Waals surface area contributed by atoms with Gasteiger partial charge in [-0.1, -0.05) is 37.5 Å². The van der Waals surface area contributed by atoms with E-state index in [0.717, 1.165) is 42.2 Å². The summed E-state index contributed by atoms with van der Waals surface area (Å²) in [4.78, 5) is 27.1. The summed E-state index contributed by atoms with van der Waals surface area (Å²) < 4.78 is 78.4. The lowest BCUT2D eigenvalue weighted by atomic mass is 10.0. The molecular weight excluding hydrogens is 565 g/mol. The minimum Gasteiger partial charge on any atom is -0.348 e. The Bertz CT molecular complexity index is 1610. The van der Waals surface area contributed by atoms with Gasteiger partial charge in [0, 0.05) is 29.4 Å². The van der Waals surface area contributed by atoms with Crippen molar-refractivity contribution in [3.8, 4) is 5.69 Å². The predicted molar refractivity (Wildman–Crippen MR) is 146 cm³/mol. The number of carbonyl (C=O) groups excluding carboxylic acids is 1. The summed E-state index contributed by atoms with van der Waals surface area (Å²) in [7, 11) is -4.99. The second-order valence-corrected chi connectivity index (χ2v) is 13.6. The van der Waals surface area contributed by atoms with Crippen molar-refractivity contribution in [2.75, 3.05) is 6.26 Å². The molecular formula is C28H29F3N2O5S2. The fourth-order valence-corrected chi connectivity index (χ4v) is 7.14. The molecule has 12 heteroatoms. The maximum absolute atomic E-state index is 13.6. The zero-order valence-corrected chi connectivity index (χ0v) is 23.6. The summed E-state index contributed by atoms with van der Waals surface area (Å²) in [5, 5.41) is 2.42. The number of carbonyl (C=O) groups is 1. The quantitative estimate of drug-likeness (QED) is 0.418. The first kappa shape index (κ1) is 29.7. The van der Waals surface area contributed by atoms with E-state index in [1.54, 1.807) is 0 Å². The van der Waals surface area contributed by atoms with Crippen molar-refractivity contribution in [2.24, 2.45) is 0 Å². The van der Waals surface area contributed by atoms with E-state index in [1.165, 1.54) is 49.4 Å². The van der Waals surface area contributed by atoms with Crippen LogP contribution in [-0.2, 0) is 33.4 Å². The van der Waals surface area contributed by atoms with Gasteiger partial charge in [-0.25, -0.2) is 8.42 Å². The number of sulfone groups is 1. The Morgan fingerprint density at radius 2 is 1.70 bits per heavy atom. The first-order valence-electron chi connectivity index (χ1n) is 12.7. The first-order chi connectivity index (χ1) is 18.8. The molecule has 2 aromatic carbocycles. The molecule has 1 aromatic heterocycles. The van der Waals surface area contributed by atoms with Crippen LogP contribution < -0.4 is 10.9 Å². The van der Waals surface area contributed by atoms with Gasteiger partial charge in [-0.05, 0) is 61.7 Å². The van der Waals surface area contributed by atoms with Crippen molar-refractivity contribution in [2.45, 2.75) is 66.8 Å². The number of nitrogens with one attached hydrogen (secondary N) is 1. The normalized spacial score (nSPS) is 15.5. The van der Waals surface area contributed by atoms with Crippen LogP contribution in [0.2, 0.25) is 0 Å². The third kappa shape index (κ3) is 6.55. The number of nitrogens with zero attached hydrogens (tertiary/aromatic N) is 1. The largest absolute Gasteiger partial charge is 0.416 e. The predicted octanol–water partition coefficient (Wildman–Crippen LogP) is 4.94. The molecule has 0 saturated heterocycles. The molecule has 1 aliphatic rings. The second-order valence-electron chi connectivity index (χ2n) is 9.85. The lowest BCUT2D eigenvalue weighted by molar-refractivity contribution is -0.137. The number of aromatic nitrogens is 1. The SMILES string of the molecule is Cc1c(S(=O)C2CCCCC2)cc(C(=O)NCc2ccc(S(C)(=O)=O)cc2)c(=O)n1-c1cccc(C(F)(F)F)c1. The Kier molecular flexibility index (Phi) is 8.69. The van der Waals surface area contributed by atoms with Crippen LogP contribution in [0.25, 0.3) is 5.69 Å². The van der Waals surface area contributed by atoms with Gasteiger partial charge in [-0.3, -0.25) is 18.4 Å². The zero-order chi connectivity index (χ0) is 29.2. The molecule has 1 unspecified atom stereocenters. The first-order valence-corrected chi connectivity index (χ1v) is 15.8. The summed E-state index contributed by atoms with van der Waals surface area (Å²) in [6, 6.07) is 11.4. The third-order valence-electron chi connectivity index (χ3n) is 6.95. The summed E-state index contributed by atoms with van der Waals surface area (Å²) in [6.45, 7) is 1.48. The highest BCUT2D eigenvalue weighted by Crippen LogP contribution is 2.32. The van der Waals surface area contributed by atoms with E-state index in [1.807, 2.05) is 0 Å². The third-order valence-corrected chi connectivity index (χ3v) is 10.0. The van der Waals surface area contributed by atoms with Gasteiger partial charge in [0.2, 0.25) is 0 Å². The summed E-state index contributed by atoms with van der Waals surface area (Å²) >= 11 is 0. The Hall–Kier alpha value is -3.25. The van der Waals surface area contributed by atoms with E-state index < -0.39 is 43.8 Å². The molecule has 0 spiro atoms. The van der Waals surface area contributed by atoms with Gasteiger partial charge in [0.05, 0.1) is 26.2 Å². The Morgan fingerprint density at radius 1 is 1.05 bits per heavy atom. The van der Waals surface area contributed by atoms with Gasteiger partial charge < -0.3 is 5.32 Å². The second kappa shape index (κ2) is 11.7. The van der Waals surface area contributed by atoms with Crippen LogP contribution in [0.4, 0.5) is 13.2 Å². The highest BCUT2D eigenvalue weighted by molar-refractivity contribution is 7.90. The number of alkyl halides is 3. The fraction of sp³-hybridized carbons (Fsp3) is 0.357. The molecule has 1 fully saturated rings. The van der Waals surface area contributed by atoms with E-state index in [-0.39, 0.29) is 38.5 Å². The molecule has 0 aliphatic heterocycles. The molecule has 4 rings (SSSR count). The van der Waals surface area contributed by atoms with Crippen molar-refractivity contribution in [1.82, 2.24) is 9.88 Å². The minimum absolute atomic E-state index is 0.0409. The zero-order valence-electron chi connectivity index (χ0n) is 22.0. The number of halogens is 3. The molecule has 3 aromatic rings. The van der Waals surface area contributed by atoms with Gasteiger partial charge in [0.15, 0.2) is 9.84 Å². The van der Waals surface area contributed by atoms with E-state index >= 15 is 0 Å². The van der Waals surface area contributed by atoms with Crippen molar-refractivity contribution >= 4 is 26.5 Å². The average Bonchev–Trinajstić information content (AvgIpc) is 2.91. The summed E-state index contributed by atoms with van der Waals surface area (Å²) in [5.41, 5.74) is -1.47. The number of benzene rings is 2. The smallest absolute Gasteiger partial charge is 0.348 e. The molecule has 1 amide bonds. The highest BCUT2D eigenvalue weighted by Gasteiger charge is 2.31. The monoisotopic (exact) mass is 594 g/mol. The maximum atomic E-state index is 13.6. The lowest BCUT2D eigenvalue weighted by Gasteiger charge is -2.23. The fourth-order valence-electron chi connectivity index (χ4n) is 4.77. The van der Waals surface area contributed by atoms with Gasteiger partial charge in [-0.15, -0.1) is 0 Å². The van der Waals surface area contributed by atoms with Crippen LogP contribution in [0, 0.1) is 6.92 Å². The van der Waals surface area contributed by atoms with Crippen LogP contribution in [0.1, 0.15) is 59.3 Å². The summed E-state index contributed by atoms with van der Waals surface area (Å²) in [6.07, 6.45) is 0.658. The maximum Gasteiger partial charge on any atom is 0.416 e. The molecule has 7 nitrogen and oxygen atoms in total. The Labute approximate surface area is 232 Å². The van der Waals surface area contributed by atoms with Crippen LogP contribution >= 0.6 is 0 Å². The van der Waals surface area contributed by atoms with Crippen molar-refractivity contribution in [3.63, 3.8) is 0 Å². The molecule has 1 N–H and O–H groups in total. The van der Waals surface area contributed by atoms with Crippen LogP contribution in [0.3, 0.4) is 0 Å². The number of amides is 1. The van der Waals surface area contributed by atoms with E-state index in [4.69, 9.17) is 0 Å². The van der Waals surface area contributed by atoms with Crippen LogP contribution in [0.5, 0.6) is 0 Å². The molecule has 0 radical (unpaired) electrons. The molecule has 0 bridgehead atoms. The topological polar surface area (TPSA) is 102 Å². The summed E-state index contributed by atoms with van der Waals surface area (Å²) in [5.74, 6) is -0.792. The molecule has 1 aliphatic carbocycles. The number of pyridine rings is 1. The molecule has 1 heterocycles. The molecule has 1 saturated carbocycles. The van der Waals surface area contributed by atoms with Crippen molar-refractivity contribution < 1.29 is 30.6 Å². The molecule has 40 heavy (non-hydrogen) atoms. The van der Waals surface area contributed by atoms with Crippen molar-refractivity contribution in [1.29, 1.82) is 0 Å². The van der Waals surface area contributed by atoms with Gasteiger partial charge in [0.25, 0.3) is 11.5 Å². The van der Waals surface area contributed by atoms with Crippen molar-refractivity contribution in [3.05, 3.63) is 87.3 Å². The standard InChI is InChI=1S/C28H29F3N2O5S2/c1-18-25(39(36)22-9-4-3-5-10-22)16-24(26(34)32-17-19-11-13-23(14-12-19)40(2,37)38)27(35)33(18)21-8-6-7-20(15-21)28(29,30)31/h6-8,11-16,22H,3-5,9-10,17H2,1-2H3,(H,32,34). The van der Waals surface area contributed by atoms with Gasteiger partial charge in [0.1, 0.15) is 5.56 Å². The van der Waals surface area contributed by atoms with Gasteiger partial charge in [-0.2, -0.15) is 13.2 Å². The van der Waals surface area contributed by atoms with Crippen LogP contribution in [-0.4, -0.2) is 34.6 Å². The Morgan fingerprint density at radius 3 is 2.30 bits per heavy atom. The Balaban J connectivity index is 1.75. The number of hydrogen-bond donors (Lipinski definition) is 1. The lowest BCUT2D eigenvalue weighted by Crippen LogP contribution is -2.34. The van der Waals surface area contributed by atoms with E-state index in [9.17, 15) is 35.4 Å². The molecule has 1 atom stereocenters. The minimum atomic E-state index is -4.65. The average molecular weight is 595 g/mol. The van der Waals surface area contributed by atoms with Crippen LogP contribution in [0.15, 0.2) is 69.2 Å². The molecule has 214 valence electrons. The number of hydrogen-bond acceptors (Lipinski definition) is 5.